The zero-order valence-corrected chi connectivity index (χ0v) is 10.6. The Bertz CT molecular complexity index is 286. The highest BCUT2D eigenvalue weighted by Gasteiger charge is 2.21. The molecule has 1 aliphatic carbocycles. The molecule has 1 aliphatic rings. The second kappa shape index (κ2) is 5.95. The summed E-state index contributed by atoms with van der Waals surface area (Å²) in [6.07, 6.45) is 4.05. The van der Waals surface area contributed by atoms with Crippen molar-refractivity contribution in [3.63, 3.8) is 0 Å². The Balaban J connectivity index is 0.000000531. The van der Waals surface area contributed by atoms with Crippen molar-refractivity contribution in [2.45, 2.75) is 52.9 Å². The van der Waals surface area contributed by atoms with E-state index < -0.39 is 0 Å². The van der Waals surface area contributed by atoms with Crippen LogP contribution in [0.25, 0.3) is 0 Å². The molecule has 0 heteroatoms. The summed E-state index contributed by atoms with van der Waals surface area (Å²) in [7, 11) is 0. The molecule has 1 aromatic rings. The molecule has 84 valence electrons. The van der Waals surface area contributed by atoms with Gasteiger partial charge in [0.1, 0.15) is 0 Å². The molecule has 0 heterocycles. The van der Waals surface area contributed by atoms with E-state index in [-0.39, 0.29) is 0 Å². The third-order valence-electron chi connectivity index (χ3n) is 3.22. The Morgan fingerprint density at radius 1 is 1.13 bits per heavy atom. The van der Waals surface area contributed by atoms with Gasteiger partial charge in [-0.3, -0.25) is 0 Å². The Morgan fingerprint density at radius 2 is 1.80 bits per heavy atom. The number of fused-ring (bicyclic) bond motifs is 1. The largest absolute Gasteiger partial charge is 0.0683 e. The van der Waals surface area contributed by atoms with Crippen LogP contribution in [0.2, 0.25) is 0 Å². The number of benzene rings is 1. The van der Waals surface area contributed by atoms with Gasteiger partial charge in [0.15, 0.2) is 0 Å². The smallest absolute Gasteiger partial charge is 0.0136 e. The Labute approximate surface area is 94.7 Å². The SMILES string of the molecule is CC.CC(C)C1CCCc2ccccc21. The Hall–Kier alpha value is -0.780. The van der Waals surface area contributed by atoms with Gasteiger partial charge < -0.3 is 0 Å². The molecule has 1 aromatic carbocycles. The molecule has 15 heavy (non-hydrogen) atoms. The maximum absolute atomic E-state index is 2.34. The van der Waals surface area contributed by atoms with Crippen LogP contribution in [0.4, 0.5) is 0 Å². The monoisotopic (exact) mass is 204 g/mol. The van der Waals surface area contributed by atoms with E-state index >= 15 is 0 Å². The third-order valence-corrected chi connectivity index (χ3v) is 3.22. The van der Waals surface area contributed by atoms with E-state index in [1.807, 2.05) is 13.8 Å². The zero-order valence-electron chi connectivity index (χ0n) is 10.6. The molecule has 1 unspecified atom stereocenters. The molecule has 0 aliphatic heterocycles. The second-order valence-electron chi connectivity index (χ2n) is 4.44. The summed E-state index contributed by atoms with van der Waals surface area (Å²) in [6, 6.07) is 8.96. The van der Waals surface area contributed by atoms with Gasteiger partial charge in [0.2, 0.25) is 0 Å². The minimum absolute atomic E-state index is 0.793. The van der Waals surface area contributed by atoms with Crippen LogP contribution in [0.1, 0.15) is 57.6 Å². The Kier molecular flexibility index (Phi) is 4.87. The molecular weight excluding hydrogens is 180 g/mol. The molecule has 0 saturated heterocycles. The van der Waals surface area contributed by atoms with E-state index in [0.29, 0.717) is 0 Å². The van der Waals surface area contributed by atoms with Crippen molar-refractivity contribution < 1.29 is 0 Å². The van der Waals surface area contributed by atoms with E-state index in [9.17, 15) is 0 Å². The molecular formula is C15H24. The van der Waals surface area contributed by atoms with Crippen LogP contribution in [0, 0.1) is 5.92 Å². The highest BCUT2D eigenvalue weighted by molar-refractivity contribution is 5.32. The first-order valence-corrected chi connectivity index (χ1v) is 6.37. The van der Waals surface area contributed by atoms with Crippen LogP contribution in [0.5, 0.6) is 0 Å². The Morgan fingerprint density at radius 3 is 2.47 bits per heavy atom. The normalized spacial score (nSPS) is 19.1. The maximum Gasteiger partial charge on any atom is -0.0136 e. The maximum atomic E-state index is 2.34. The molecule has 0 nitrogen and oxygen atoms in total. The first kappa shape index (κ1) is 12.3. The molecule has 0 fully saturated rings. The lowest BCUT2D eigenvalue weighted by Gasteiger charge is -2.28. The first-order valence-electron chi connectivity index (χ1n) is 6.37. The molecule has 1 atom stereocenters. The summed E-state index contributed by atoms with van der Waals surface area (Å²) < 4.78 is 0. The number of aryl methyl sites for hydroxylation is 1. The van der Waals surface area contributed by atoms with Crippen LogP contribution in [0.15, 0.2) is 24.3 Å². The van der Waals surface area contributed by atoms with E-state index in [1.165, 1.54) is 19.3 Å². The van der Waals surface area contributed by atoms with Crippen molar-refractivity contribution in [2.75, 3.05) is 0 Å². The molecule has 0 amide bonds. The fourth-order valence-corrected chi connectivity index (χ4v) is 2.48. The van der Waals surface area contributed by atoms with Gasteiger partial charge in [0.25, 0.3) is 0 Å². The minimum Gasteiger partial charge on any atom is -0.0683 e. The van der Waals surface area contributed by atoms with Gasteiger partial charge in [-0.1, -0.05) is 52.0 Å². The van der Waals surface area contributed by atoms with Gasteiger partial charge in [-0.15, -0.1) is 0 Å². The summed E-state index contributed by atoms with van der Waals surface area (Å²) in [5.41, 5.74) is 3.20. The van der Waals surface area contributed by atoms with E-state index in [4.69, 9.17) is 0 Å². The van der Waals surface area contributed by atoms with Crippen molar-refractivity contribution in [1.82, 2.24) is 0 Å². The van der Waals surface area contributed by atoms with Crippen molar-refractivity contribution in [3.05, 3.63) is 35.4 Å². The summed E-state index contributed by atoms with van der Waals surface area (Å²) in [6.45, 7) is 8.68. The highest BCUT2D eigenvalue weighted by atomic mass is 14.3. The summed E-state index contributed by atoms with van der Waals surface area (Å²) in [5, 5.41) is 0. The van der Waals surface area contributed by atoms with Crippen LogP contribution in [-0.2, 0) is 6.42 Å². The summed E-state index contributed by atoms with van der Waals surface area (Å²) in [4.78, 5) is 0. The summed E-state index contributed by atoms with van der Waals surface area (Å²) >= 11 is 0. The zero-order chi connectivity index (χ0) is 11.3. The van der Waals surface area contributed by atoms with E-state index in [1.54, 1.807) is 11.1 Å². The predicted octanol–water partition coefficient (Wildman–Crippen LogP) is 4.79. The fraction of sp³-hybridized carbons (Fsp3) is 0.600. The van der Waals surface area contributed by atoms with Crippen molar-refractivity contribution in [2.24, 2.45) is 5.92 Å². The predicted molar refractivity (Wildman–Crippen MR) is 68.3 cm³/mol. The van der Waals surface area contributed by atoms with Crippen LogP contribution in [-0.4, -0.2) is 0 Å². The topological polar surface area (TPSA) is 0 Å². The lowest BCUT2D eigenvalue weighted by molar-refractivity contribution is 0.433. The van der Waals surface area contributed by atoms with E-state index in [0.717, 1.165) is 11.8 Å². The van der Waals surface area contributed by atoms with E-state index in [2.05, 4.69) is 38.1 Å². The van der Waals surface area contributed by atoms with Gasteiger partial charge in [-0.25, -0.2) is 0 Å². The third kappa shape index (κ3) is 2.84. The number of hydrogen-bond donors (Lipinski definition) is 0. The average Bonchev–Trinajstić information content (AvgIpc) is 2.31. The van der Waals surface area contributed by atoms with Gasteiger partial charge >= 0.3 is 0 Å². The van der Waals surface area contributed by atoms with Gasteiger partial charge in [0.05, 0.1) is 0 Å². The van der Waals surface area contributed by atoms with Crippen LogP contribution < -0.4 is 0 Å². The molecule has 0 bridgehead atoms. The fourth-order valence-electron chi connectivity index (χ4n) is 2.48. The highest BCUT2D eigenvalue weighted by Crippen LogP contribution is 2.36. The molecule has 0 saturated carbocycles. The minimum atomic E-state index is 0.793. The summed E-state index contributed by atoms with van der Waals surface area (Å²) in [5.74, 6) is 1.60. The average molecular weight is 204 g/mol. The lowest BCUT2D eigenvalue weighted by Crippen LogP contribution is -2.14. The molecule has 0 aromatic heterocycles. The number of rotatable bonds is 1. The number of hydrogen-bond acceptors (Lipinski definition) is 0. The van der Waals surface area contributed by atoms with Crippen LogP contribution >= 0.6 is 0 Å². The van der Waals surface area contributed by atoms with Crippen molar-refractivity contribution in [1.29, 1.82) is 0 Å². The standard InChI is InChI=1S/C13H18.C2H6/c1-10(2)12-9-5-7-11-6-3-4-8-13(11)12;1-2/h3-4,6,8,10,12H,5,7,9H2,1-2H3;1-2H3. The van der Waals surface area contributed by atoms with Crippen molar-refractivity contribution in [3.8, 4) is 0 Å². The quantitative estimate of drug-likeness (QED) is 0.617. The van der Waals surface area contributed by atoms with Gasteiger partial charge in [-0.05, 0) is 42.2 Å². The first-order chi connectivity index (χ1) is 7.29. The second-order valence-corrected chi connectivity index (χ2v) is 4.44. The molecule has 0 spiro atoms. The van der Waals surface area contributed by atoms with Crippen molar-refractivity contribution >= 4 is 0 Å². The van der Waals surface area contributed by atoms with Gasteiger partial charge in [0, 0.05) is 0 Å². The lowest BCUT2D eigenvalue weighted by atomic mass is 9.77. The van der Waals surface area contributed by atoms with Crippen LogP contribution in [0.3, 0.4) is 0 Å². The molecule has 0 radical (unpaired) electrons. The molecule has 0 N–H and O–H groups in total. The van der Waals surface area contributed by atoms with Gasteiger partial charge in [-0.2, -0.15) is 0 Å². The molecule has 2 rings (SSSR count).